The molecule has 34 heavy (non-hydrogen) atoms. The topological polar surface area (TPSA) is 117 Å². The Kier molecular flexibility index (Phi) is 4.58. The lowest BCUT2D eigenvalue weighted by Gasteiger charge is -2.39. The van der Waals surface area contributed by atoms with Gasteiger partial charge in [-0.1, -0.05) is 18.2 Å². The summed E-state index contributed by atoms with van der Waals surface area (Å²) in [5, 5.41) is 5.85. The lowest BCUT2D eigenvalue weighted by molar-refractivity contribution is -0.122. The minimum Gasteiger partial charge on any atom is -0.352 e. The van der Waals surface area contributed by atoms with Gasteiger partial charge in [-0.15, -0.1) is 11.3 Å². The Labute approximate surface area is 197 Å². The molecule has 1 saturated heterocycles. The van der Waals surface area contributed by atoms with E-state index >= 15 is 0 Å². The summed E-state index contributed by atoms with van der Waals surface area (Å²) >= 11 is 1.52. The van der Waals surface area contributed by atoms with E-state index in [9.17, 15) is 14.0 Å². The lowest BCUT2D eigenvalue weighted by atomic mass is 9.89. The van der Waals surface area contributed by atoms with Crippen molar-refractivity contribution in [2.45, 2.75) is 25.1 Å². The number of fused-ring (bicyclic) bond motifs is 2. The molecule has 1 aromatic carbocycles. The zero-order valence-corrected chi connectivity index (χ0v) is 19.1. The summed E-state index contributed by atoms with van der Waals surface area (Å²) in [5.41, 5.74) is 7.21. The van der Waals surface area contributed by atoms with Gasteiger partial charge in [0.25, 0.3) is 11.8 Å². The maximum atomic E-state index is 14.7. The number of amides is 2. The molecule has 2 unspecified atom stereocenters. The molecule has 2 atom stereocenters. The number of para-hydroxylation sites is 1. The Morgan fingerprint density at radius 1 is 1.15 bits per heavy atom. The molecule has 5 heterocycles. The first-order valence-corrected chi connectivity index (χ1v) is 11.8. The summed E-state index contributed by atoms with van der Waals surface area (Å²) in [7, 11) is 0. The molecular formula is C24H21FN6O2S. The number of rotatable bonds is 3. The van der Waals surface area contributed by atoms with Gasteiger partial charge in [-0.2, -0.15) is 0 Å². The number of thiophene rings is 1. The maximum Gasteiger partial charge on any atom is 0.261 e. The van der Waals surface area contributed by atoms with E-state index in [1.807, 2.05) is 35.7 Å². The minimum absolute atomic E-state index is 0.0507. The number of imide groups is 1. The fourth-order valence-corrected chi connectivity index (χ4v) is 5.37. The van der Waals surface area contributed by atoms with Crippen molar-refractivity contribution >= 4 is 61.4 Å². The van der Waals surface area contributed by atoms with Gasteiger partial charge in [-0.05, 0) is 30.9 Å². The van der Waals surface area contributed by atoms with E-state index in [-0.39, 0.29) is 17.7 Å². The number of alkyl halides is 1. The maximum absolute atomic E-state index is 14.7. The Bertz CT molecular complexity index is 1520. The van der Waals surface area contributed by atoms with E-state index in [1.165, 1.54) is 11.3 Å². The third kappa shape index (κ3) is 3.13. The SMILES string of the molecule is CC1(N)CCN(c2nc(C3=C(c4c[nH]c5sccc45)C(=O)NC3=O)c3ccccc3n2)CC1F. The molecule has 4 N–H and O–H groups in total. The third-order valence-electron chi connectivity index (χ3n) is 6.63. The van der Waals surface area contributed by atoms with Crippen LogP contribution in [0.15, 0.2) is 41.9 Å². The van der Waals surface area contributed by atoms with Crippen molar-refractivity contribution in [3.05, 3.63) is 53.2 Å². The van der Waals surface area contributed by atoms with E-state index in [1.54, 1.807) is 18.0 Å². The Morgan fingerprint density at radius 3 is 2.76 bits per heavy atom. The van der Waals surface area contributed by atoms with Gasteiger partial charge < -0.3 is 15.6 Å². The van der Waals surface area contributed by atoms with Gasteiger partial charge in [0.05, 0.1) is 28.9 Å². The van der Waals surface area contributed by atoms with Crippen LogP contribution in [0.25, 0.3) is 32.3 Å². The molecule has 6 rings (SSSR count). The van der Waals surface area contributed by atoms with Crippen molar-refractivity contribution in [1.82, 2.24) is 20.3 Å². The highest BCUT2D eigenvalue weighted by Gasteiger charge is 2.39. The van der Waals surface area contributed by atoms with Crippen molar-refractivity contribution in [1.29, 1.82) is 0 Å². The van der Waals surface area contributed by atoms with Crippen molar-refractivity contribution in [2.24, 2.45) is 5.73 Å². The number of anilines is 1. The number of nitrogens with one attached hydrogen (secondary N) is 2. The van der Waals surface area contributed by atoms with Gasteiger partial charge >= 0.3 is 0 Å². The predicted octanol–water partition coefficient (Wildman–Crippen LogP) is 3.01. The number of piperidine rings is 1. The number of aromatic nitrogens is 3. The van der Waals surface area contributed by atoms with Crippen molar-refractivity contribution in [3.63, 3.8) is 0 Å². The number of aromatic amines is 1. The number of hydrogen-bond donors (Lipinski definition) is 3. The third-order valence-corrected chi connectivity index (χ3v) is 7.48. The molecule has 0 aliphatic carbocycles. The first kappa shape index (κ1) is 20.9. The minimum atomic E-state index is -1.25. The Balaban J connectivity index is 1.57. The van der Waals surface area contributed by atoms with Crippen molar-refractivity contribution < 1.29 is 14.0 Å². The molecular weight excluding hydrogens is 455 g/mol. The zero-order chi connectivity index (χ0) is 23.6. The van der Waals surface area contributed by atoms with E-state index in [0.717, 1.165) is 10.2 Å². The van der Waals surface area contributed by atoms with Crippen LogP contribution in [0.5, 0.6) is 0 Å². The van der Waals surface area contributed by atoms with E-state index in [2.05, 4.69) is 15.3 Å². The van der Waals surface area contributed by atoms with Crippen LogP contribution in [0.4, 0.5) is 10.3 Å². The molecule has 0 radical (unpaired) electrons. The van der Waals surface area contributed by atoms with Crippen LogP contribution in [0.3, 0.4) is 0 Å². The number of benzene rings is 1. The van der Waals surface area contributed by atoms with Gasteiger partial charge in [0.15, 0.2) is 0 Å². The Hall–Kier alpha value is -3.63. The Morgan fingerprint density at radius 2 is 1.94 bits per heavy atom. The number of nitrogens with two attached hydrogens (primary N) is 1. The monoisotopic (exact) mass is 476 g/mol. The molecule has 0 bridgehead atoms. The lowest BCUT2D eigenvalue weighted by Crippen LogP contribution is -2.57. The average molecular weight is 477 g/mol. The standard InChI is InChI=1S/C24H21FN6O2S/c1-24(26)7-8-31(11-16(24)25)23-28-15-5-3-2-4-13(15)19(29-23)18-17(20(32)30-21(18)33)14-10-27-22-12(14)6-9-34-22/h2-6,9-10,16,27H,7-8,11,26H2,1H3,(H,30,32,33). The number of carbonyl (C=O) groups excluding carboxylic acids is 2. The van der Waals surface area contributed by atoms with Crippen LogP contribution in [-0.2, 0) is 9.59 Å². The highest BCUT2D eigenvalue weighted by atomic mass is 32.1. The van der Waals surface area contributed by atoms with Crippen LogP contribution in [-0.4, -0.2) is 51.6 Å². The fourth-order valence-electron chi connectivity index (χ4n) is 4.60. The van der Waals surface area contributed by atoms with Gasteiger partial charge in [0.1, 0.15) is 11.0 Å². The molecule has 172 valence electrons. The molecule has 8 nitrogen and oxygen atoms in total. The highest BCUT2D eigenvalue weighted by Crippen LogP contribution is 2.38. The van der Waals surface area contributed by atoms with Crippen molar-refractivity contribution in [2.75, 3.05) is 18.0 Å². The van der Waals surface area contributed by atoms with Crippen LogP contribution in [0, 0.1) is 0 Å². The molecule has 2 aliphatic rings. The molecule has 10 heteroatoms. The van der Waals surface area contributed by atoms with Gasteiger partial charge in [-0.3, -0.25) is 14.9 Å². The average Bonchev–Trinajstić information content (AvgIpc) is 3.49. The molecule has 4 aromatic rings. The number of hydrogen-bond acceptors (Lipinski definition) is 7. The summed E-state index contributed by atoms with van der Waals surface area (Å²) in [6.07, 6.45) is 0.920. The molecule has 3 aromatic heterocycles. The first-order chi connectivity index (χ1) is 16.3. The summed E-state index contributed by atoms with van der Waals surface area (Å²) in [4.78, 5) is 41.2. The second-order valence-corrected chi connectivity index (χ2v) is 9.87. The van der Waals surface area contributed by atoms with E-state index in [0.29, 0.717) is 41.1 Å². The fraction of sp³-hybridized carbons (Fsp3) is 0.250. The smallest absolute Gasteiger partial charge is 0.261 e. The summed E-state index contributed by atoms with van der Waals surface area (Å²) in [6.45, 7) is 2.24. The second kappa shape index (κ2) is 7.44. The van der Waals surface area contributed by atoms with E-state index in [4.69, 9.17) is 10.7 Å². The first-order valence-electron chi connectivity index (χ1n) is 10.9. The molecule has 0 saturated carbocycles. The number of carbonyl (C=O) groups is 2. The highest BCUT2D eigenvalue weighted by molar-refractivity contribution is 7.16. The molecule has 1 fully saturated rings. The largest absolute Gasteiger partial charge is 0.352 e. The summed E-state index contributed by atoms with van der Waals surface area (Å²) < 4.78 is 14.7. The van der Waals surface area contributed by atoms with E-state index < -0.39 is 23.5 Å². The van der Waals surface area contributed by atoms with Crippen LogP contribution >= 0.6 is 11.3 Å². The van der Waals surface area contributed by atoms with Crippen LogP contribution in [0.1, 0.15) is 24.6 Å². The predicted molar refractivity (Wildman–Crippen MR) is 130 cm³/mol. The normalized spacial score (nSPS) is 23.4. The number of halogens is 1. The zero-order valence-electron chi connectivity index (χ0n) is 18.3. The van der Waals surface area contributed by atoms with Crippen LogP contribution < -0.4 is 16.0 Å². The van der Waals surface area contributed by atoms with Gasteiger partial charge in [0.2, 0.25) is 5.95 Å². The number of H-pyrrole nitrogens is 1. The summed E-state index contributed by atoms with van der Waals surface area (Å²) in [6, 6.07) is 9.21. The molecule has 2 aliphatic heterocycles. The number of nitrogens with zero attached hydrogens (tertiary/aromatic N) is 3. The molecule has 2 amide bonds. The quantitative estimate of drug-likeness (QED) is 0.392. The van der Waals surface area contributed by atoms with Crippen LogP contribution in [0.2, 0.25) is 0 Å². The van der Waals surface area contributed by atoms with Gasteiger partial charge in [0, 0.05) is 34.6 Å². The molecule has 0 spiro atoms. The second-order valence-electron chi connectivity index (χ2n) is 8.96. The van der Waals surface area contributed by atoms with Gasteiger partial charge in [-0.25, -0.2) is 14.4 Å². The summed E-state index contributed by atoms with van der Waals surface area (Å²) in [5.74, 6) is -0.687. The van der Waals surface area contributed by atoms with Crippen molar-refractivity contribution in [3.8, 4) is 0 Å².